The number of hydrogen-bond donors (Lipinski definition) is 2. The number of aliphatic hydroxyl groups is 1. The van der Waals surface area contributed by atoms with Gasteiger partial charge in [0.25, 0.3) is 0 Å². The molecule has 0 saturated heterocycles. The van der Waals surface area contributed by atoms with Crippen LogP contribution in [0.2, 0.25) is 0 Å². The van der Waals surface area contributed by atoms with E-state index < -0.39 is 5.60 Å². The molecule has 1 fully saturated rings. The van der Waals surface area contributed by atoms with Crippen LogP contribution in [0.5, 0.6) is 0 Å². The maximum Gasteiger partial charge on any atom is 0.226 e. The van der Waals surface area contributed by atoms with E-state index in [0.717, 1.165) is 30.0 Å². The fraction of sp³-hybridized carbons (Fsp3) is 0.714. The second-order valence-corrected chi connectivity index (χ2v) is 7.28. The van der Waals surface area contributed by atoms with E-state index in [2.05, 4.69) is 31.1 Å². The largest absolute Gasteiger partial charge is 0.388 e. The predicted molar refractivity (Wildman–Crippen MR) is 76.3 cm³/mol. The molecule has 1 heterocycles. The van der Waals surface area contributed by atoms with Gasteiger partial charge in [-0.15, -0.1) is 11.3 Å². The topological polar surface area (TPSA) is 62.2 Å². The summed E-state index contributed by atoms with van der Waals surface area (Å²) in [5.74, 6) is -0.0638. The van der Waals surface area contributed by atoms with Gasteiger partial charge < -0.3 is 10.4 Å². The maximum atomic E-state index is 11.8. The lowest BCUT2D eigenvalue weighted by Crippen LogP contribution is -2.48. The van der Waals surface area contributed by atoms with Gasteiger partial charge >= 0.3 is 0 Å². The Balaban J connectivity index is 1.83. The summed E-state index contributed by atoms with van der Waals surface area (Å²) in [6, 6.07) is 0. The predicted octanol–water partition coefficient (Wildman–Crippen LogP) is 2.01. The first-order valence-electron chi connectivity index (χ1n) is 6.72. The van der Waals surface area contributed by atoms with Crippen LogP contribution in [0.15, 0.2) is 5.38 Å². The molecule has 0 aromatic carbocycles. The van der Waals surface area contributed by atoms with Crippen molar-refractivity contribution in [2.75, 3.05) is 6.54 Å². The van der Waals surface area contributed by atoms with Gasteiger partial charge in [-0.05, 0) is 19.3 Å². The summed E-state index contributed by atoms with van der Waals surface area (Å²) in [5, 5.41) is 15.7. The molecule has 1 aromatic heterocycles. The molecule has 1 amide bonds. The van der Waals surface area contributed by atoms with E-state index in [1.54, 1.807) is 11.3 Å². The second-order valence-electron chi connectivity index (χ2n) is 6.43. The molecule has 1 aliphatic carbocycles. The van der Waals surface area contributed by atoms with Crippen LogP contribution in [0.3, 0.4) is 0 Å². The van der Waals surface area contributed by atoms with Gasteiger partial charge in [0.2, 0.25) is 5.91 Å². The molecule has 0 unspecified atom stereocenters. The van der Waals surface area contributed by atoms with Crippen LogP contribution in [-0.4, -0.2) is 28.1 Å². The number of carbonyl (C=O) groups excluding carboxylic acids is 1. The van der Waals surface area contributed by atoms with Gasteiger partial charge in [0.1, 0.15) is 0 Å². The third kappa shape index (κ3) is 3.76. The minimum Gasteiger partial charge on any atom is -0.388 e. The number of nitrogens with zero attached hydrogens (tertiary/aromatic N) is 1. The summed E-state index contributed by atoms with van der Waals surface area (Å²) in [5.41, 5.74) is 0.183. The number of thiazole rings is 1. The van der Waals surface area contributed by atoms with Crippen LogP contribution in [0.4, 0.5) is 0 Å². The molecule has 19 heavy (non-hydrogen) atoms. The van der Waals surface area contributed by atoms with Crippen LogP contribution in [-0.2, 0) is 16.6 Å². The molecule has 0 atom stereocenters. The molecular weight excluding hydrogens is 260 g/mol. The molecule has 0 bridgehead atoms. The minimum absolute atomic E-state index is 0.0283. The van der Waals surface area contributed by atoms with Gasteiger partial charge in [-0.3, -0.25) is 4.79 Å². The van der Waals surface area contributed by atoms with Crippen molar-refractivity contribution >= 4 is 17.2 Å². The minimum atomic E-state index is -0.658. The number of carbonyl (C=O) groups is 1. The van der Waals surface area contributed by atoms with Crippen molar-refractivity contribution in [3.05, 3.63) is 16.1 Å². The summed E-state index contributed by atoms with van der Waals surface area (Å²) >= 11 is 1.60. The average Bonchev–Trinajstić information content (AvgIpc) is 2.72. The molecule has 1 aliphatic rings. The van der Waals surface area contributed by atoms with Crippen molar-refractivity contribution in [1.29, 1.82) is 0 Å². The molecule has 2 rings (SSSR count). The molecule has 0 aliphatic heterocycles. The van der Waals surface area contributed by atoms with Gasteiger partial charge in [0, 0.05) is 17.3 Å². The first-order valence-corrected chi connectivity index (χ1v) is 7.60. The standard InChI is InChI=1S/C14H22N2O2S/c1-13(2,3)12-16-10(8-19-12)7-11(17)15-9-14(18)5-4-6-14/h8,18H,4-7,9H2,1-3H3,(H,15,17). The first-order chi connectivity index (χ1) is 8.78. The van der Waals surface area contributed by atoms with Gasteiger partial charge in [-0.25, -0.2) is 4.98 Å². The molecule has 1 saturated carbocycles. The van der Waals surface area contributed by atoms with Crippen molar-refractivity contribution in [3.63, 3.8) is 0 Å². The van der Waals surface area contributed by atoms with Crippen molar-refractivity contribution in [2.45, 2.75) is 57.5 Å². The Hall–Kier alpha value is -0.940. The van der Waals surface area contributed by atoms with E-state index in [1.165, 1.54) is 0 Å². The second kappa shape index (κ2) is 5.21. The number of rotatable bonds is 4. The van der Waals surface area contributed by atoms with Crippen LogP contribution in [0.1, 0.15) is 50.7 Å². The van der Waals surface area contributed by atoms with Crippen LogP contribution in [0, 0.1) is 0 Å². The molecule has 106 valence electrons. The lowest BCUT2D eigenvalue weighted by Gasteiger charge is -2.36. The Kier molecular flexibility index (Phi) is 3.97. The maximum absolute atomic E-state index is 11.8. The fourth-order valence-electron chi connectivity index (χ4n) is 1.98. The van der Waals surface area contributed by atoms with Crippen molar-refractivity contribution in [2.24, 2.45) is 0 Å². The highest BCUT2D eigenvalue weighted by molar-refractivity contribution is 7.09. The van der Waals surface area contributed by atoms with Gasteiger partial charge in [-0.2, -0.15) is 0 Å². The van der Waals surface area contributed by atoms with E-state index in [0.29, 0.717) is 13.0 Å². The van der Waals surface area contributed by atoms with Crippen LogP contribution in [0.25, 0.3) is 0 Å². The lowest BCUT2D eigenvalue weighted by atomic mass is 9.80. The molecule has 0 spiro atoms. The Morgan fingerprint density at radius 2 is 2.21 bits per heavy atom. The number of amides is 1. The molecule has 1 aromatic rings. The summed E-state index contributed by atoms with van der Waals surface area (Å²) in [6.45, 7) is 6.70. The zero-order valence-electron chi connectivity index (χ0n) is 11.8. The Morgan fingerprint density at radius 3 is 2.68 bits per heavy atom. The molecular formula is C14H22N2O2S. The van der Waals surface area contributed by atoms with Gasteiger partial charge in [-0.1, -0.05) is 20.8 Å². The van der Waals surface area contributed by atoms with Crippen molar-refractivity contribution in [1.82, 2.24) is 10.3 Å². The van der Waals surface area contributed by atoms with Gasteiger partial charge in [0.15, 0.2) is 0 Å². The van der Waals surface area contributed by atoms with E-state index in [9.17, 15) is 9.90 Å². The first kappa shape index (κ1) is 14.5. The van der Waals surface area contributed by atoms with E-state index >= 15 is 0 Å². The summed E-state index contributed by atoms with van der Waals surface area (Å²) in [6.07, 6.45) is 2.92. The molecule has 0 radical (unpaired) electrons. The third-order valence-electron chi connectivity index (χ3n) is 3.43. The van der Waals surface area contributed by atoms with Crippen molar-refractivity contribution in [3.8, 4) is 0 Å². The number of aromatic nitrogens is 1. The Morgan fingerprint density at radius 1 is 1.53 bits per heavy atom. The average molecular weight is 282 g/mol. The third-order valence-corrected chi connectivity index (χ3v) is 4.75. The fourth-order valence-corrected chi connectivity index (χ4v) is 2.89. The quantitative estimate of drug-likeness (QED) is 0.888. The monoisotopic (exact) mass is 282 g/mol. The Bertz CT molecular complexity index is 458. The smallest absolute Gasteiger partial charge is 0.226 e. The summed E-state index contributed by atoms with van der Waals surface area (Å²) in [7, 11) is 0. The van der Waals surface area contributed by atoms with Crippen LogP contribution >= 0.6 is 11.3 Å². The summed E-state index contributed by atoms with van der Waals surface area (Å²) < 4.78 is 0. The zero-order valence-corrected chi connectivity index (χ0v) is 12.6. The van der Waals surface area contributed by atoms with Gasteiger partial charge in [0.05, 0.1) is 22.7 Å². The number of hydrogen-bond acceptors (Lipinski definition) is 4. The molecule has 4 nitrogen and oxygen atoms in total. The normalized spacial score (nSPS) is 17.9. The van der Waals surface area contributed by atoms with E-state index in [1.807, 2.05) is 5.38 Å². The molecule has 5 heteroatoms. The van der Waals surface area contributed by atoms with E-state index in [4.69, 9.17) is 0 Å². The highest BCUT2D eigenvalue weighted by Crippen LogP contribution is 2.30. The van der Waals surface area contributed by atoms with E-state index in [-0.39, 0.29) is 11.3 Å². The zero-order chi connectivity index (χ0) is 14.1. The molecule has 2 N–H and O–H groups in total. The highest BCUT2D eigenvalue weighted by atomic mass is 32.1. The van der Waals surface area contributed by atoms with Crippen molar-refractivity contribution < 1.29 is 9.90 Å². The Labute approximate surface area is 118 Å². The highest BCUT2D eigenvalue weighted by Gasteiger charge is 2.34. The summed E-state index contributed by atoms with van der Waals surface area (Å²) in [4.78, 5) is 16.3. The number of nitrogens with one attached hydrogen (secondary N) is 1. The van der Waals surface area contributed by atoms with Crippen LogP contribution < -0.4 is 5.32 Å². The lowest BCUT2D eigenvalue weighted by molar-refractivity contribution is -0.122. The SMILES string of the molecule is CC(C)(C)c1nc(CC(=O)NCC2(O)CCC2)cs1.